The van der Waals surface area contributed by atoms with Crippen molar-refractivity contribution >= 4 is 5.97 Å². The number of piperidine rings is 1. The van der Waals surface area contributed by atoms with Gasteiger partial charge in [0.15, 0.2) is 0 Å². The molecule has 28 heavy (non-hydrogen) atoms. The highest BCUT2D eigenvalue weighted by molar-refractivity contribution is 5.70. The minimum Gasteiger partial charge on any atom is -0.496 e. The highest BCUT2D eigenvalue weighted by atomic mass is 16.5. The van der Waals surface area contributed by atoms with E-state index in [2.05, 4.69) is 36.1 Å². The predicted octanol–water partition coefficient (Wildman–Crippen LogP) is 4.15. The molecule has 1 heterocycles. The maximum absolute atomic E-state index is 11.4. The zero-order chi connectivity index (χ0) is 20.1. The van der Waals surface area contributed by atoms with Gasteiger partial charge in [-0.25, -0.2) is 0 Å². The Balaban J connectivity index is 2.04. The molecule has 1 atom stereocenters. The second-order valence-corrected chi connectivity index (χ2v) is 7.22. The fraction of sp³-hybridized carbons (Fsp3) is 0.435. The third-order valence-corrected chi connectivity index (χ3v) is 5.69. The Morgan fingerprint density at radius 3 is 2.11 bits per heavy atom. The van der Waals surface area contributed by atoms with Crippen LogP contribution in [-0.2, 0) is 11.2 Å². The summed E-state index contributed by atoms with van der Waals surface area (Å²) in [5, 5.41) is 9.36. The van der Waals surface area contributed by atoms with Gasteiger partial charge in [-0.3, -0.25) is 9.69 Å². The van der Waals surface area contributed by atoms with Gasteiger partial charge in [0.25, 0.3) is 0 Å². The molecule has 1 N–H and O–H groups in total. The van der Waals surface area contributed by atoms with Gasteiger partial charge >= 0.3 is 5.97 Å². The van der Waals surface area contributed by atoms with Crippen molar-refractivity contribution in [3.63, 3.8) is 0 Å². The number of likely N-dealkylation sites (tertiary alicyclic amines) is 1. The van der Waals surface area contributed by atoms with Crippen LogP contribution in [0.3, 0.4) is 0 Å². The molecule has 0 radical (unpaired) electrons. The monoisotopic (exact) mass is 383 g/mol. The van der Waals surface area contributed by atoms with Crippen LogP contribution in [0.5, 0.6) is 11.5 Å². The van der Waals surface area contributed by atoms with E-state index in [-0.39, 0.29) is 12.0 Å². The maximum Gasteiger partial charge on any atom is 0.306 e. The zero-order valence-corrected chi connectivity index (χ0v) is 16.9. The minimum atomic E-state index is -0.696. The van der Waals surface area contributed by atoms with Gasteiger partial charge in [-0.2, -0.15) is 0 Å². The molecule has 1 aliphatic rings. The molecule has 0 aromatic heterocycles. The lowest BCUT2D eigenvalue weighted by Gasteiger charge is -2.38. The first kappa shape index (κ1) is 20.2. The van der Waals surface area contributed by atoms with Gasteiger partial charge in [0, 0.05) is 0 Å². The molecular formula is C23H29NO4. The number of methoxy groups -OCH3 is 2. The lowest BCUT2D eigenvalue weighted by atomic mass is 9.90. The van der Waals surface area contributed by atoms with E-state index in [0.29, 0.717) is 12.8 Å². The fourth-order valence-electron chi connectivity index (χ4n) is 4.05. The summed E-state index contributed by atoms with van der Waals surface area (Å²) in [6.07, 6.45) is 2.29. The SMILES string of the molecule is CCc1ccc(C(c2c(OC)cccc2OC)N2CCC(C(=O)O)CC2)cc1. The highest BCUT2D eigenvalue weighted by Gasteiger charge is 2.33. The average molecular weight is 383 g/mol. The van der Waals surface area contributed by atoms with E-state index in [4.69, 9.17) is 9.47 Å². The first-order chi connectivity index (χ1) is 13.6. The number of carboxylic acid groups (broad SMARTS) is 1. The van der Waals surface area contributed by atoms with Crippen LogP contribution in [0.25, 0.3) is 0 Å². The smallest absolute Gasteiger partial charge is 0.306 e. The summed E-state index contributed by atoms with van der Waals surface area (Å²) in [5.41, 5.74) is 3.44. The molecule has 2 aromatic carbocycles. The minimum absolute atomic E-state index is 0.0493. The molecular weight excluding hydrogens is 354 g/mol. The third kappa shape index (κ3) is 4.14. The number of nitrogens with zero attached hydrogens (tertiary/aromatic N) is 1. The number of rotatable bonds is 7. The van der Waals surface area contributed by atoms with Crippen LogP contribution in [0.15, 0.2) is 42.5 Å². The summed E-state index contributed by atoms with van der Waals surface area (Å²) in [7, 11) is 3.35. The van der Waals surface area contributed by atoms with Crippen LogP contribution in [0, 0.1) is 5.92 Å². The number of carboxylic acids is 1. The van der Waals surface area contributed by atoms with Gasteiger partial charge < -0.3 is 14.6 Å². The van der Waals surface area contributed by atoms with Crippen LogP contribution in [0.1, 0.15) is 42.5 Å². The fourth-order valence-corrected chi connectivity index (χ4v) is 4.05. The lowest BCUT2D eigenvalue weighted by Crippen LogP contribution is -2.39. The van der Waals surface area contributed by atoms with E-state index in [0.717, 1.165) is 42.1 Å². The first-order valence-electron chi connectivity index (χ1n) is 9.85. The standard InChI is InChI=1S/C23H29NO4/c1-4-16-8-10-17(11-9-16)22(24-14-12-18(13-15-24)23(25)26)21-19(27-2)6-5-7-20(21)28-3/h5-11,18,22H,4,12-15H2,1-3H3,(H,25,26). The molecule has 1 saturated heterocycles. The van der Waals surface area contributed by atoms with Crippen molar-refractivity contribution in [3.8, 4) is 11.5 Å². The van der Waals surface area contributed by atoms with Crippen LogP contribution in [-0.4, -0.2) is 43.3 Å². The lowest BCUT2D eigenvalue weighted by molar-refractivity contribution is -0.143. The number of aryl methyl sites for hydroxylation is 1. The molecule has 3 rings (SSSR count). The quantitative estimate of drug-likeness (QED) is 0.778. The molecule has 0 spiro atoms. The van der Waals surface area contributed by atoms with Gasteiger partial charge in [0.1, 0.15) is 11.5 Å². The summed E-state index contributed by atoms with van der Waals surface area (Å²) >= 11 is 0. The van der Waals surface area contributed by atoms with Crippen LogP contribution < -0.4 is 9.47 Å². The largest absolute Gasteiger partial charge is 0.496 e. The van der Waals surface area contributed by atoms with Crippen molar-refractivity contribution in [3.05, 3.63) is 59.2 Å². The molecule has 2 aromatic rings. The maximum atomic E-state index is 11.4. The predicted molar refractivity (Wildman–Crippen MR) is 109 cm³/mol. The summed E-state index contributed by atoms with van der Waals surface area (Å²) < 4.78 is 11.4. The van der Waals surface area contributed by atoms with Crippen LogP contribution >= 0.6 is 0 Å². The van der Waals surface area contributed by atoms with E-state index in [9.17, 15) is 9.90 Å². The Bertz CT molecular complexity index is 772. The van der Waals surface area contributed by atoms with Crippen molar-refractivity contribution in [2.45, 2.75) is 32.2 Å². The normalized spacial score (nSPS) is 16.5. The summed E-state index contributed by atoms with van der Waals surface area (Å²) in [6, 6.07) is 14.4. The van der Waals surface area contributed by atoms with E-state index in [1.807, 2.05) is 18.2 Å². The number of aliphatic carboxylic acids is 1. The van der Waals surface area contributed by atoms with E-state index >= 15 is 0 Å². The molecule has 150 valence electrons. The molecule has 5 heteroatoms. The zero-order valence-electron chi connectivity index (χ0n) is 16.9. The van der Waals surface area contributed by atoms with E-state index in [1.165, 1.54) is 5.56 Å². The van der Waals surface area contributed by atoms with E-state index < -0.39 is 5.97 Å². The van der Waals surface area contributed by atoms with Crippen molar-refractivity contribution in [1.82, 2.24) is 4.90 Å². The molecule has 5 nitrogen and oxygen atoms in total. The summed E-state index contributed by atoms with van der Waals surface area (Å²) in [4.78, 5) is 13.7. The molecule has 0 aliphatic carbocycles. The second kappa shape index (κ2) is 9.11. The molecule has 1 aliphatic heterocycles. The molecule has 0 bridgehead atoms. The number of carbonyl (C=O) groups is 1. The Labute approximate surface area is 166 Å². The molecule has 0 amide bonds. The molecule has 1 unspecified atom stereocenters. The second-order valence-electron chi connectivity index (χ2n) is 7.22. The summed E-state index contributed by atoms with van der Waals surface area (Å²) in [5.74, 6) is 0.603. The van der Waals surface area contributed by atoms with Gasteiger partial charge in [-0.05, 0) is 55.6 Å². The Morgan fingerprint density at radius 1 is 1.07 bits per heavy atom. The van der Waals surface area contributed by atoms with Crippen molar-refractivity contribution in [2.24, 2.45) is 5.92 Å². The van der Waals surface area contributed by atoms with Gasteiger partial charge in [-0.1, -0.05) is 37.3 Å². The molecule has 0 saturated carbocycles. The third-order valence-electron chi connectivity index (χ3n) is 5.69. The molecule has 1 fully saturated rings. The first-order valence-corrected chi connectivity index (χ1v) is 9.85. The van der Waals surface area contributed by atoms with Gasteiger partial charge in [-0.15, -0.1) is 0 Å². The van der Waals surface area contributed by atoms with Crippen molar-refractivity contribution in [2.75, 3.05) is 27.3 Å². The van der Waals surface area contributed by atoms with Gasteiger partial charge in [0.05, 0.1) is 31.7 Å². The van der Waals surface area contributed by atoms with Crippen molar-refractivity contribution in [1.29, 1.82) is 0 Å². The van der Waals surface area contributed by atoms with Gasteiger partial charge in [0.2, 0.25) is 0 Å². The van der Waals surface area contributed by atoms with E-state index in [1.54, 1.807) is 14.2 Å². The average Bonchev–Trinajstić information content (AvgIpc) is 2.74. The highest BCUT2D eigenvalue weighted by Crippen LogP contribution is 2.42. The topological polar surface area (TPSA) is 59.0 Å². The Hall–Kier alpha value is -2.53. The van der Waals surface area contributed by atoms with Crippen LogP contribution in [0.2, 0.25) is 0 Å². The Morgan fingerprint density at radius 2 is 1.64 bits per heavy atom. The van der Waals surface area contributed by atoms with Crippen molar-refractivity contribution < 1.29 is 19.4 Å². The summed E-state index contributed by atoms with van der Waals surface area (Å²) in [6.45, 7) is 3.59. The number of benzene rings is 2. The number of hydrogen-bond donors (Lipinski definition) is 1. The Kier molecular flexibility index (Phi) is 6.57. The van der Waals surface area contributed by atoms with Crippen LogP contribution in [0.4, 0.5) is 0 Å². The number of ether oxygens (including phenoxy) is 2. The number of hydrogen-bond acceptors (Lipinski definition) is 4.